The van der Waals surface area contributed by atoms with Crippen molar-refractivity contribution in [2.75, 3.05) is 23.0 Å². The number of nitrogen functional groups attached to an aromatic ring is 1. The number of hydrogen-bond donors (Lipinski definition) is 4. The molecule has 0 aliphatic carbocycles. The van der Waals surface area contributed by atoms with Crippen molar-refractivity contribution < 1.29 is 41.4 Å². The van der Waals surface area contributed by atoms with E-state index in [1.54, 1.807) is 31.2 Å². The summed E-state index contributed by atoms with van der Waals surface area (Å²) in [6.07, 6.45) is -4.16. The first-order valence-corrected chi connectivity index (χ1v) is 13.1. The summed E-state index contributed by atoms with van der Waals surface area (Å²) in [5.41, 5.74) is 2.81. The molecule has 44 heavy (non-hydrogen) atoms. The molecule has 0 saturated heterocycles. The van der Waals surface area contributed by atoms with Crippen molar-refractivity contribution >= 4 is 45.7 Å². The van der Waals surface area contributed by atoms with Gasteiger partial charge in [0.2, 0.25) is 5.91 Å². The first kappa shape index (κ1) is 31.5. The van der Waals surface area contributed by atoms with Crippen molar-refractivity contribution in [3.05, 3.63) is 89.9 Å². The Morgan fingerprint density at radius 2 is 1.75 bits per heavy atom. The molecule has 1 unspecified atom stereocenters. The smallest absolute Gasteiger partial charge is 0.491 e. The van der Waals surface area contributed by atoms with E-state index in [1.807, 2.05) is 0 Å². The summed E-state index contributed by atoms with van der Waals surface area (Å²) in [6.45, 7) is 2.71. The number of rotatable bonds is 10. The van der Waals surface area contributed by atoms with E-state index >= 15 is 4.39 Å². The van der Waals surface area contributed by atoms with Gasteiger partial charge in [0.25, 0.3) is 11.6 Å². The molecule has 0 spiro atoms. The Morgan fingerprint density at radius 3 is 2.45 bits per heavy atom. The number of carbonyl (C=O) groups excluding carboxylic acids is 3. The van der Waals surface area contributed by atoms with Gasteiger partial charge in [-0.2, -0.15) is 13.2 Å². The van der Waals surface area contributed by atoms with E-state index in [9.17, 15) is 27.6 Å². The van der Waals surface area contributed by atoms with Gasteiger partial charge in [0.1, 0.15) is 17.4 Å². The van der Waals surface area contributed by atoms with Crippen LogP contribution in [0.4, 0.5) is 34.8 Å². The number of aromatic nitrogens is 1. The number of alkyl halides is 3. The summed E-state index contributed by atoms with van der Waals surface area (Å²) < 4.78 is 66.8. The zero-order valence-corrected chi connectivity index (χ0v) is 23.4. The fourth-order valence-electron chi connectivity index (χ4n) is 4.35. The molecule has 0 radical (unpaired) electrons. The lowest BCUT2D eigenvalue weighted by molar-refractivity contribution is -0.213. The second-order valence-corrected chi connectivity index (χ2v) is 9.46. The number of hydrogen-bond acceptors (Lipinski definition) is 8. The molecular formula is C30H27F4N5O5. The van der Waals surface area contributed by atoms with Gasteiger partial charge in [-0.1, -0.05) is 12.1 Å². The van der Waals surface area contributed by atoms with Gasteiger partial charge in [-0.15, -0.1) is 0 Å². The van der Waals surface area contributed by atoms with Crippen LogP contribution in [0.25, 0.3) is 10.8 Å². The number of ether oxygens (including phenoxy) is 2. The summed E-state index contributed by atoms with van der Waals surface area (Å²) in [5.74, 6) is -5.48. The van der Waals surface area contributed by atoms with E-state index in [-0.39, 0.29) is 36.3 Å². The molecule has 5 N–H and O–H groups in total. The number of amides is 2. The summed E-state index contributed by atoms with van der Waals surface area (Å²) in [7, 11) is 0. The van der Waals surface area contributed by atoms with Crippen LogP contribution in [-0.4, -0.2) is 35.6 Å². The van der Waals surface area contributed by atoms with Crippen LogP contribution in [0.1, 0.15) is 25.0 Å². The van der Waals surface area contributed by atoms with Gasteiger partial charge in [-0.25, -0.2) is 14.2 Å². The Balaban J connectivity index is 1.86. The fourth-order valence-corrected chi connectivity index (χ4v) is 4.35. The van der Waals surface area contributed by atoms with E-state index in [0.717, 1.165) is 12.1 Å². The van der Waals surface area contributed by atoms with E-state index in [2.05, 4.69) is 20.9 Å². The molecule has 1 atom stereocenters. The molecular weight excluding hydrogens is 586 g/mol. The number of benzene rings is 3. The first-order chi connectivity index (χ1) is 20.8. The van der Waals surface area contributed by atoms with Gasteiger partial charge < -0.3 is 31.2 Å². The zero-order chi connectivity index (χ0) is 32.1. The molecule has 4 rings (SSSR count). The quantitative estimate of drug-likeness (QED) is 0.111. The highest BCUT2D eigenvalue weighted by Crippen LogP contribution is 2.36. The average Bonchev–Trinajstić information content (AvgIpc) is 2.96. The van der Waals surface area contributed by atoms with E-state index in [4.69, 9.17) is 15.2 Å². The molecule has 2 amide bonds. The number of anilines is 3. The predicted octanol–water partition coefficient (Wildman–Crippen LogP) is 5.00. The lowest BCUT2D eigenvalue weighted by atomic mass is 9.98. The van der Waals surface area contributed by atoms with Crippen molar-refractivity contribution in [1.82, 2.24) is 10.3 Å². The molecule has 0 aliphatic rings. The Kier molecular flexibility index (Phi) is 9.21. The molecule has 1 heterocycles. The maximum atomic E-state index is 15.5. The molecule has 230 valence electrons. The highest BCUT2D eigenvalue weighted by molar-refractivity contribution is 5.96. The lowest BCUT2D eigenvalue weighted by Crippen LogP contribution is -2.54. The molecule has 14 heteroatoms. The summed E-state index contributed by atoms with van der Waals surface area (Å²) >= 11 is 0. The Hall–Kier alpha value is -5.40. The number of pyridine rings is 1. The number of nitrogens with two attached hydrogens (primary N) is 1. The Labute approximate surface area is 248 Å². The summed E-state index contributed by atoms with van der Waals surface area (Å²) in [4.78, 5) is 41.8. The zero-order valence-electron chi connectivity index (χ0n) is 23.4. The van der Waals surface area contributed by atoms with E-state index in [0.29, 0.717) is 22.0 Å². The SMILES string of the molecule is CCOc1ccc(F)c(C(Nc2ccc3c(N)nccc3c2)(OC(=O)C(F)(F)F)C(=O)NCc2cccc(NC(C)=O)c2)c1. The molecule has 10 nitrogen and oxygen atoms in total. The van der Waals surface area contributed by atoms with Gasteiger partial charge in [-0.05, 0) is 72.5 Å². The minimum Gasteiger partial charge on any atom is -0.494 e. The fraction of sp³-hybridized carbons (Fsp3) is 0.200. The molecule has 0 saturated carbocycles. The standard InChI is InChI=1S/C30H27F4N5O5/c1-3-43-22-8-10-25(31)24(15-22)29(44-28(42)30(32,33)34,39-21-7-9-23-19(14-21)11-12-36-26(23)35)27(41)37-16-18-5-4-6-20(13-18)38-17(2)40/h4-15,39H,3,16H2,1-2H3,(H2,35,36)(H,37,41)(H,38,40). The minimum atomic E-state index is -5.56. The Morgan fingerprint density at radius 1 is 0.977 bits per heavy atom. The van der Waals surface area contributed by atoms with E-state index < -0.39 is 35.2 Å². The second kappa shape index (κ2) is 12.9. The summed E-state index contributed by atoms with van der Waals surface area (Å²) in [5, 5.41) is 8.50. The molecule has 0 aliphatic heterocycles. The minimum absolute atomic E-state index is 0.00806. The molecule has 1 aromatic heterocycles. The normalized spacial score (nSPS) is 12.6. The van der Waals surface area contributed by atoms with Crippen molar-refractivity contribution in [3.8, 4) is 5.75 Å². The highest BCUT2D eigenvalue weighted by atomic mass is 19.4. The van der Waals surface area contributed by atoms with Crippen LogP contribution in [0, 0.1) is 5.82 Å². The van der Waals surface area contributed by atoms with Gasteiger partial charge in [0, 0.05) is 36.4 Å². The number of nitrogens with zero attached hydrogens (tertiary/aromatic N) is 1. The predicted molar refractivity (Wildman–Crippen MR) is 154 cm³/mol. The van der Waals surface area contributed by atoms with Crippen LogP contribution in [0.5, 0.6) is 5.75 Å². The molecule has 0 bridgehead atoms. The largest absolute Gasteiger partial charge is 0.494 e. The third-order valence-corrected chi connectivity index (χ3v) is 6.24. The van der Waals surface area contributed by atoms with Crippen molar-refractivity contribution in [2.45, 2.75) is 32.3 Å². The maximum Gasteiger partial charge on any atom is 0.491 e. The summed E-state index contributed by atoms with van der Waals surface area (Å²) in [6, 6.07) is 15.1. The lowest BCUT2D eigenvalue weighted by Gasteiger charge is -2.34. The third kappa shape index (κ3) is 7.14. The van der Waals surface area contributed by atoms with Crippen molar-refractivity contribution in [3.63, 3.8) is 0 Å². The van der Waals surface area contributed by atoms with Crippen LogP contribution < -0.4 is 26.4 Å². The van der Waals surface area contributed by atoms with Crippen LogP contribution in [0.3, 0.4) is 0 Å². The number of fused-ring (bicyclic) bond motifs is 1. The highest BCUT2D eigenvalue weighted by Gasteiger charge is 2.53. The maximum absolute atomic E-state index is 15.5. The van der Waals surface area contributed by atoms with Crippen molar-refractivity contribution in [1.29, 1.82) is 0 Å². The number of carbonyl (C=O) groups is 3. The van der Waals surface area contributed by atoms with Crippen LogP contribution in [0.15, 0.2) is 72.9 Å². The second-order valence-electron chi connectivity index (χ2n) is 9.46. The van der Waals surface area contributed by atoms with Gasteiger partial charge >= 0.3 is 12.1 Å². The van der Waals surface area contributed by atoms with Gasteiger partial charge in [0.15, 0.2) is 0 Å². The first-order valence-electron chi connectivity index (χ1n) is 13.1. The monoisotopic (exact) mass is 613 g/mol. The van der Waals surface area contributed by atoms with Crippen molar-refractivity contribution in [2.24, 2.45) is 0 Å². The third-order valence-electron chi connectivity index (χ3n) is 6.24. The van der Waals surface area contributed by atoms with Crippen LogP contribution in [0.2, 0.25) is 0 Å². The average molecular weight is 614 g/mol. The van der Waals surface area contributed by atoms with Crippen LogP contribution >= 0.6 is 0 Å². The Bertz CT molecular complexity index is 1720. The number of halogens is 4. The molecule has 4 aromatic rings. The van der Waals surface area contributed by atoms with Gasteiger partial charge in [-0.3, -0.25) is 9.59 Å². The van der Waals surface area contributed by atoms with Gasteiger partial charge in [0.05, 0.1) is 12.2 Å². The van der Waals surface area contributed by atoms with Crippen LogP contribution in [-0.2, 0) is 31.4 Å². The number of esters is 1. The topological polar surface area (TPSA) is 145 Å². The number of nitrogens with one attached hydrogen (secondary N) is 3. The van der Waals surface area contributed by atoms with E-state index in [1.165, 1.54) is 43.5 Å². The molecule has 0 fully saturated rings. The molecule has 3 aromatic carbocycles.